The average Bonchev–Trinajstić information content (AvgIpc) is 1.97. The third-order valence-electron chi connectivity index (χ3n) is 1.71. The molecule has 0 aliphatic heterocycles. The molecule has 0 aliphatic rings. The minimum atomic E-state index is -4.29. The molecule has 0 fully saturated rings. The second kappa shape index (κ2) is 4.57. The van der Waals surface area contributed by atoms with Crippen molar-refractivity contribution in [2.24, 2.45) is 0 Å². The van der Waals surface area contributed by atoms with E-state index in [0.29, 0.717) is 0 Å². The van der Waals surface area contributed by atoms with Crippen LogP contribution in [0.5, 0.6) is 0 Å². The van der Waals surface area contributed by atoms with E-state index in [9.17, 15) is 17.8 Å². The lowest BCUT2D eigenvalue weighted by molar-refractivity contribution is -0.118. The number of Topliss-reactive ketones (excluding diaryl/α,β-unsaturated/α-hetero) is 1. The molecule has 0 aromatic rings. The van der Waals surface area contributed by atoms with E-state index in [2.05, 4.69) is 0 Å². The van der Waals surface area contributed by atoms with Gasteiger partial charge in [0, 0.05) is 12.8 Å². The van der Waals surface area contributed by atoms with E-state index in [1.165, 1.54) is 0 Å². The maximum Gasteiger partial charge on any atom is 0.133 e. The van der Waals surface area contributed by atoms with Gasteiger partial charge in [-0.15, -0.1) is 0 Å². The van der Waals surface area contributed by atoms with E-state index in [4.69, 9.17) is 0 Å². The molecule has 5 heteroatoms. The molecule has 1 atom stereocenters. The first-order chi connectivity index (χ1) is 5.41. The summed E-state index contributed by atoms with van der Waals surface area (Å²) in [4.78, 5) is 10.8. The molecule has 0 amide bonds. The van der Waals surface area contributed by atoms with Crippen molar-refractivity contribution in [3.63, 3.8) is 0 Å². The molecule has 0 aromatic carbocycles. The maximum atomic E-state index is 10.8. The second-order valence-corrected chi connectivity index (χ2v) is 4.27. The van der Waals surface area contributed by atoms with Crippen molar-refractivity contribution >= 4 is 15.9 Å². The van der Waals surface area contributed by atoms with Crippen molar-refractivity contribution < 1.29 is 17.8 Å². The van der Waals surface area contributed by atoms with Crippen LogP contribution in [0.15, 0.2) is 0 Å². The van der Waals surface area contributed by atoms with Gasteiger partial charge in [0.25, 0.3) is 0 Å². The van der Waals surface area contributed by atoms with Crippen molar-refractivity contribution in [2.75, 3.05) is 0 Å². The number of ketones is 1. The van der Waals surface area contributed by atoms with Crippen LogP contribution in [-0.2, 0) is 14.9 Å². The van der Waals surface area contributed by atoms with E-state index in [1.54, 1.807) is 13.8 Å². The molecule has 0 saturated carbocycles. The summed E-state index contributed by atoms with van der Waals surface area (Å²) >= 11 is 0. The Hall–Kier alpha value is -0.420. The van der Waals surface area contributed by atoms with Gasteiger partial charge in [-0.1, -0.05) is 13.8 Å². The Morgan fingerprint density at radius 2 is 1.92 bits per heavy atom. The Morgan fingerprint density at radius 1 is 1.42 bits per heavy atom. The number of rotatable bonds is 5. The first kappa shape index (κ1) is 11.6. The zero-order chi connectivity index (χ0) is 9.78. The quantitative estimate of drug-likeness (QED) is 0.602. The maximum absolute atomic E-state index is 10.8. The van der Waals surface area contributed by atoms with Crippen LogP contribution in [0.2, 0.25) is 0 Å². The van der Waals surface area contributed by atoms with Gasteiger partial charge in [0.05, 0.1) is 15.4 Å². The lowest BCUT2D eigenvalue weighted by Crippen LogP contribution is -2.23. The summed E-state index contributed by atoms with van der Waals surface area (Å²) in [5, 5.41) is -1.04. The Balaban J connectivity index is 4.30. The number of hydrogen-bond donors (Lipinski definition) is 0. The summed E-state index contributed by atoms with van der Waals surface area (Å²) in [5.74, 6) is -0.179. The largest absolute Gasteiger partial charge is 0.748 e. The fraction of sp³-hybridized carbons (Fsp3) is 0.857. The van der Waals surface area contributed by atoms with E-state index in [1.807, 2.05) is 0 Å². The summed E-state index contributed by atoms with van der Waals surface area (Å²) in [6.07, 6.45) is 0.350. The van der Waals surface area contributed by atoms with Crippen LogP contribution >= 0.6 is 0 Å². The fourth-order valence-corrected chi connectivity index (χ4v) is 1.65. The van der Waals surface area contributed by atoms with Crippen molar-refractivity contribution in [2.45, 2.75) is 38.4 Å². The summed E-state index contributed by atoms with van der Waals surface area (Å²) in [7, 11) is -4.29. The Labute approximate surface area is 72.7 Å². The molecule has 0 radical (unpaired) electrons. The van der Waals surface area contributed by atoms with Crippen LogP contribution in [0.3, 0.4) is 0 Å². The average molecular weight is 193 g/mol. The zero-order valence-corrected chi connectivity index (χ0v) is 8.06. The second-order valence-electron chi connectivity index (χ2n) is 2.62. The minimum absolute atomic E-state index is 0.140. The van der Waals surface area contributed by atoms with Gasteiger partial charge in [0.15, 0.2) is 0 Å². The molecular formula is C7H13O4S-. The molecule has 0 spiro atoms. The Morgan fingerprint density at radius 3 is 2.17 bits per heavy atom. The summed E-state index contributed by atoms with van der Waals surface area (Å²) in [6.45, 7) is 3.23. The topological polar surface area (TPSA) is 74.3 Å². The van der Waals surface area contributed by atoms with Crippen LogP contribution in [0.4, 0.5) is 0 Å². The smallest absolute Gasteiger partial charge is 0.133 e. The number of carbonyl (C=O) groups is 1. The van der Waals surface area contributed by atoms with Gasteiger partial charge in [-0.2, -0.15) is 0 Å². The summed E-state index contributed by atoms with van der Waals surface area (Å²) in [6, 6.07) is 0. The third kappa shape index (κ3) is 3.82. The standard InChI is InChI=1S/C7H14O4S/c1-3-6(8)5-7(4-2)12(9,10)11/h7H,3-5H2,1-2H3,(H,9,10,11)/p-1. The summed E-state index contributed by atoms with van der Waals surface area (Å²) in [5.41, 5.74) is 0. The third-order valence-corrected chi connectivity index (χ3v) is 3.03. The molecular weight excluding hydrogens is 180 g/mol. The van der Waals surface area contributed by atoms with Crippen molar-refractivity contribution in [3.05, 3.63) is 0 Å². The van der Waals surface area contributed by atoms with E-state index < -0.39 is 15.4 Å². The van der Waals surface area contributed by atoms with Crippen LogP contribution in [0.1, 0.15) is 33.1 Å². The molecule has 4 nitrogen and oxygen atoms in total. The molecule has 0 aliphatic carbocycles. The molecule has 0 rings (SSSR count). The molecule has 1 unspecified atom stereocenters. The van der Waals surface area contributed by atoms with Crippen molar-refractivity contribution in [1.29, 1.82) is 0 Å². The van der Waals surface area contributed by atoms with E-state index in [0.717, 1.165) is 0 Å². The van der Waals surface area contributed by atoms with Crippen molar-refractivity contribution in [3.8, 4) is 0 Å². The predicted molar refractivity (Wildman–Crippen MR) is 43.7 cm³/mol. The normalized spacial score (nSPS) is 14.2. The lowest BCUT2D eigenvalue weighted by Gasteiger charge is -2.17. The van der Waals surface area contributed by atoms with Crippen LogP contribution in [0, 0.1) is 0 Å². The molecule has 72 valence electrons. The Kier molecular flexibility index (Phi) is 4.41. The van der Waals surface area contributed by atoms with E-state index >= 15 is 0 Å². The first-order valence-corrected chi connectivity index (χ1v) is 5.35. The van der Waals surface area contributed by atoms with Gasteiger partial charge in [-0.25, -0.2) is 8.42 Å². The molecule has 12 heavy (non-hydrogen) atoms. The highest BCUT2D eigenvalue weighted by molar-refractivity contribution is 7.86. The van der Waals surface area contributed by atoms with Crippen LogP contribution in [0.25, 0.3) is 0 Å². The highest BCUT2D eigenvalue weighted by Crippen LogP contribution is 2.09. The molecule has 0 aromatic heterocycles. The molecule has 0 bridgehead atoms. The SMILES string of the molecule is CCC(=O)CC(CC)S(=O)(=O)[O-]. The minimum Gasteiger partial charge on any atom is -0.748 e. The van der Waals surface area contributed by atoms with Gasteiger partial charge in [0.2, 0.25) is 0 Å². The van der Waals surface area contributed by atoms with Gasteiger partial charge in [-0.3, -0.25) is 4.79 Å². The lowest BCUT2D eigenvalue weighted by atomic mass is 10.1. The van der Waals surface area contributed by atoms with Gasteiger partial charge < -0.3 is 4.55 Å². The first-order valence-electron chi connectivity index (χ1n) is 3.88. The van der Waals surface area contributed by atoms with Gasteiger partial charge >= 0.3 is 0 Å². The van der Waals surface area contributed by atoms with Gasteiger partial charge in [-0.05, 0) is 6.42 Å². The molecule has 0 heterocycles. The highest BCUT2D eigenvalue weighted by Gasteiger charge is 2.16. The predicted octanol–water partition coefficient (Wildman–Crippen LogP) is 0.679. The molecule has 0 saturated heterocycles. The van der Waals surface area contributed by atoms with Crippen molar-refractivity contribution in [1.82, 2.24) is 0 Å². The monoisotopic (exact) mass is 193 g/mol. The summed E-state index contributed by atoms with van der Waals surface area (Å²) < 4.78 is 31.5. The number of hydrogen-bond acceptors (Lipinski definition) is 4. The van der Waals surface area contributed by atoms with E-state index in [-0.39, 0.29) is 25.0 Å². The van der Waals surface area contributed by atoms with Crippen LogP contribution < -0.4 is 0 Å². The zero-order valence-electron chi connectivity index (χ0n) is 7.24. The highest BCUT2D eigenvalue weighted by atomic mass is 32.2. The number of carbonyl (C=O) groups excluding carboxylic acids is 1. The van der Waals surface area contributed by atoms with Gasteiger partial charge in [0.1, 0.15) is 5.78 Å². The van der Waals surface area contributed by atoms with Crippen LogP contribution in [-0.4, -0.2) is 24.0 Å². The molecule has 0 N–H and O–H groups in total. The Bertz CT molecular complexity index is 242. The fourth-order valence-electron chi connectivity index (χ4n) is 0.849.